The molecule has 1 aliphatic heterocycles. The van der Waals surface area contributed by atoms with E-state index in [9.17, 15) is 18.0 Å². The molecule has 1 atom stereocenters. The second-order valence-corrected chi connectivity index (χ2v) is 9.81. The Bertz CT molecular complexity index is 1050. The Kier molecular flexibility index (Phi) is 9.10. The van der Waals surface area contributed by atoms with Crippen LogP contribution >= 0.6 is 34.8 Å². The molecule has 35 heavy (non-hydrogen) atoms. The molecule has 3 rings (SSSR count). The van der Waals surface area contributed by atoms with Crippen LogP contribution in [0.1, 0.15) is 44.0 Å². The minimum Gasteiger partial charge on any atom is -0.495 e. The van der Waals surface area contributed by atoms with E-state index in [4.69, 9.17) is 39.5 Å². The molecule has 1 unspecified atom stereocenters. The van der Waals surface area contributed by atoms with E-state index >= 15 is 0 Å². The average Bonchev–Trinajstić information content (AvgIpc) is 3.08. The highest BCUT2D eigenvalue weighted by atomic mass is 35.5. The highest BCUT2D eigenvalue weighted by Gasteiger charge is 2.39. The van der Waals surface area contributed by atoms with Gasteiger partial charge in [-0.15, -0.1) is 0 Å². The number of alkyl halides is 3. The van der Waals surface area contributed by atoms with Crippen molar-refractivity contribution in [3.63, 3.8) is 0 Å². The highest BCUT2D eigenvalue weighted by Crippen LogP contribution is 2.39. The highest BCUT2D eigenvalue weighted by molar-refractivity contribution is 6.37. The number of halogens is 6. The van der Waals surface area contributed by atoms with Crippen molar-refractivity contribution in [3.8, 4) is 5.75 Å². The summed E-state index contributed by atoms with van der Waals surface area (Å²) in [6.07, 6.45) is -2.27. The lowest BCUT2D eigenvalue weighted by Crippen LogP contribution is -2.47. The third-order valence-corrected chi connectivity index (χ3v) is 7.32. The van der Waals surface area contributed by atoms with Crippen molar-refractivity contribution in [2.24, 2.45) is 5.92 Å². The quantitative estimate of drug-likeness (QED) is 0.411. The van der Waals surface area contributed by atoms with Crippen LogP contribution in [0.3, 0.4) is 0 Å². The van der Waals surface area contributed by atoms with Crippen LogP contribution in [0.2, 0.25) is 15.1 Å². The maximum absolute atomic E-state index is 13.3. The first-order valence-corrected chi connectivity index (χ1v) is 12.5. The van der Waals surface area contributed by atoms with Gasteiger partial charge in [0.15, 0.2) is 5.69 Å². The summed E-state index contributed by atoms with van der Waals surface area (Å²) in [4.78, 5) is 14.5. The van der Waals surface area contributed by atoms with Crippen LogP contribution in [0.4, 0.5) is 18.9 Å². The number of carbonyl (C=O) groups excluding carboxylic acids is 1. The number of benzene rings is 1. The summed E-state index contributed by atoms with van der Waals surface area (Å²) in [6.45, 7) is 4.76. The maximum Gasteiger partial charge on any atom is 0.436 e. The van der Waals surface area contributed by atoms with Crippen molar-refractivity contribution in [3.05, 3.63) is 38.6 Å². The van der Waals surface area contributed by atoms with Gasteiger partial charge in [-0.1, -0.05) is 41.7 Å². The SMILES string of the molecule is CCCC(=O)NC(Cn1nc(C(F)(F)F)c(Cl)c1C)C1CCN(c2cc(OC)c(Cl)cc2Cl)CC1. The summed E-state index contributed by atoms with van der Waals surface area (Å²) in [7, 11) is 1.53. The van der Waals surface area contributed by atoms with Gasteiger partial charge in [0.05, 0.1) is 46.1 Å². The van der Waals surface area contributed by atoms with Crippen LogP contribution in [-0.4, -0.2) is 41.9 Å². The number of aromatic nitrogens is 2. The number of nitrogens with one attached hydrogen (secondary N) is 1. The second kappa shape index (κ2) is 11.5. The maximum atomic E-state index is 13.3. The molecule has 0 radical (unpaired) electrons. The van der Waals surface area contributed by atoms with E-state index in [0.717, 1.165) is 5.69 Å². The lowest BCUT2D eigenvalue weighted by Gasteiger charge is -2.38. The number of ether oxygens (including phenoxy) is 1. The molecule has 1 N–H and O–H groups in total. The van der Waals surface area contributed by atoms with Crippen molar-refractivity contribution in [2.75, 3.05) is 25.1 Å². The topological polar surface area (TPSA) is 59.4 Å². The number of anilines is 1. The van der Waals surface area contributed by atoms with E-state index in [1.54, 1.807) is 12.1 Å². The van der Waals surface area contributed by atoms with Crippen molar-refractivity contribution in [1.29, 1.82) is 0 Å². The fourth-order valence-corrected chi connectivity index (χ4v) is 5.17. The van der Waals surface area contributed by atoms with Crippen LogP contribution in [0.15, 0.2) is 12.1 Å². The third-order valence-electron chi connectivity index (χ3n) is 6.27. The predicted octanol–water partition coefficient (Wildman–Crippen LogP) is 6.38. The molecule has 6 nitrogen and oxygen atoms in total. The van der Waals surface area contributed by atoms with Gasteiger partial charge in [-0.3, -0.25) is 9.48 Å². The number of hydrogen-bond donors (Lipinski definition) is 1. The summed E-state index contributed by atoms with van der Waals surface area (Å²) < 4.78 is 46.4. The fraction of sp³-hybridized carbons (Fsp3) is 0.565. The Morgan fingerprint density at radius 3 is 2.43 bits per heavy atom. The van der Waals surface area contributed by atoms with Gasteiger partial charge in [0.2, 0.25) is 5.91 Å². The minimum atomic E-state index is -4.65. The van der Waals surface area contributed by atoms with Gasteiger partial charge in [0.25, 0.3) is 0 Å². The molecule has 2 heterocycles. The Morgan fingerprint density at radius 2 is 1.89 bits per heavy atom. The average molecular weight is 556 g/mol. The molecular formula is C23H28Cl3F3N4O2. The van der Waals surface area contributed by atoms with Gasteiger partial charge >= 0.3 is 6.18 Å². The largest absolute Gasteiger partial charge is 0.495 e. The molecule has 1 aromatic carbocycles. The predicted molar refractivity (Wildman–Crippen MR) is 132 cm³/mol. The number of piperidine rings is 1. The summed E-state index contributed by atoms with van der Waals surface area (Å²) in [6, 6.07) is 3.03. The standard InChI is InChI=1S/C23H28Cl3F3N4O2/c1-4-5-20(34)30-17(12-33-13(2)21(26)22(31-33)23(27,28)29)14-6-8-32(9-7-14)18-11-19(35-3)16(25)10-15(18)24/h10-11,14,17H,4-9,12H2,1-3H3,(H,30,34). The summed E-state index contributed by atoms with van der Waals surface area (Å²) >= 11 is 18.5. The third kappa shape index (κ3) is 6.49. The van der Waals surface area contributed by atoms with E-state index < -0.39 is 22.9 Å². The Balaban J connectivity index is 1.79. The molecule has 1 saturated heterocycles. The van der Waals surface area contributed by atoms with Crippen LogP contribution < -0.4 is 15.0 Å². The van der Waals surface area contributed by atoms with E-state index in [2.05, 4.69) is 15.3 Å². The van der Waals surface area contributed by atoms with Gasteiger partial charge in [-0.05, 0) is 38.2 Å². The lowest BCUT2D eigenvalue weighted by molar-refractivity contribution is -0.141. The molecule has 1 aromatic heterocycles. The van der Waals surface area contributed by atoms with Gasteiger partial charge < -0.3 is 15.0 Å². The van der Waals surface area contributed by atoms with Crippen LogP contribution in [-0.2, 0) is 17.5 Å². The summed E-state index contributed by atoms with van der Waals surface area (Å²) in [5, 5.41) is 7.24. The molecular weight excluding hydrogens is 528 g/mol. The van der Waals surface area contributed by atoms with Gasteiger partial charge in [-0.25, -0.2) is 0 Å². The molecule has 0 spiro atoms. The number of rotatable bonds is 8. The first-order valence-electron chi connectivity index (χ1n) is 11.3. The molecule has 2 aromatic rings. The number of amides is 1. The zero-order chi connectivity index (χ0) is 25.9. The molecule has 1 amide bonds. The smallest absolute Gasteiger partial charge is 0.436 e. The van der Waals surface area contributed by atoms with Crippen molar-refractivity contribution in [1.82, 2.24) is 15.1 Å². The van der Waals surface area contributed by atoms with E-state index in [1.807, 2.05) is 6.92 Å². The van der Waals surface area contributed by atoms with Gasteiger partial charge in [0.1, 0.15) is 5.75 Å². The lowest BCUT2D eigenvalue weighted by atomic mass is 9.88. The Labute approximate surface area is 217 Å². The van der Waals surface area contributed by atoms with Crippen LogP contribution in [0.5, 0.6) is 5.75 Å². The Hall–Kier alpha value is -1.84. The monoisotopic (exact) mass is 554 g/mol. The number of hydrogen-bond acceptors (Lipinski definition) is 4. The normalized spacial score (nSPS) is 15.9. The first kappa shape index (κ1) is 27.7. The molecule has 0 bridgehead atoms. The van der Waals surface area contributed by atoms with Crippen molar-refractivity contribution >= 4 is 46.4 Å². The van der Waals surface area contributed by atoms with Crippen LogP contribution in [0.25, 0.3) is 0 Å². The minimum absolute atomic E-state index is 0.0248. The number of methoxy groups -OCH3 is 1. The Morgan fingerprint density at radius 1 is 1.23 bits per heavy atom. The number of carbonyl (C=O) groups is 1. The fourth-order valence-electron chi connectivity index (χ4n) is 4.35. The van der Waals surface area contributed by atoms with Gasteiger partial charge in [0, 0.05) is 25.6 Å². The molecule has 0 aliphatic carbocycles. The molecule has 12 heteroatoms. The first-order chi connectivity index (χ1) is 16.5. The van der Waals surface area contributed by atoms with E-state index in [1.165, 1.54) is 18.7 Å². The van der Waals surface area contributed by atoms with Crippen molar-refractivity contribution < 1.29 is 22.7 Å². The van der Waals surface area contributed by atoms with Crippen molar-refractivity contribution in [2.45, 2.75) is 58.3 Å². The molecule has 194 valence electrons. The summed E-state index contributed by atoms with van der Waals surface area (Å²) in [5.41, 5.74) is -0.106. The zero-order valence-corrected chi connectivity index (χ0v) is 22.0. The number of nitrogens with zero attached hydrogens (tertiary/aromatic N) is 3. The molecule has 1 aliphatic rings. The molecule has 0 saturated carbocycles. The van der Waals surface area contributed by atoms with E-state index in [-0.39, 0.29) is 24.1 Å². The zero-order valence-electron chi connectivity index (χ0n) is 19.7. The summed E-state index contributed by atoms with van der Waals surface area (Å²) in [5.74, 6) is 0.401. The molecule has 1 fully saturated rings. The second-order valence-electron chi connectivity index (χ2n) is 8.61. The van der Waals surface area contributed by atoms with E-state index in [0.29, 0.717) is 54.6 Å². The van der Waals surface area contributed by atoms with Gasteiger partial charge in [-0.2, -0.15) is 18.3 Å². The van der Waals surface area contributed by atoms with Crippen LogP contribution in [0, 0.1) is 12.8 Å².